The normalized spacial score (nSPS) is 59.4. The molecule has 0 aromatic rings. The van der Waals surface area contributed by atoms with Gasteiger partial charge in [0.2, 0.25) is 5.79 Å². The second-order valence-corrected chi connectivity index (χ2v) is 7.51. The molecule has 4 aliphatic heterocycles. The van der Waals surface area contributed by atoms with Crippen LogP contribution in [0, 0.1) is 23.7 Å². The van der Waals surface area contributed by atoms with Crippen molar-refractivity contribution in [2.45, 2.75) is 70.4 Å². The van der Waals surface area contributed by atoms with E-state index in [-0.39, 0.29) is 12.2 Å². The average Bonchev–Trinajstić information content (AvgIpc) is 2.69. The maximum atomic E-state index is 6.21. The van der Waals surface area contributed by atoms with Crippen LogP contribution in [0.4, 0.5) is 0 Å². The van der Waals surface area contributed by atoms with Gasteiger partial charge in [-0.05, 0) is 38.0 Å². The molecular weight excluding hydrogens is 272 g/mol. The smallest absolute Gasteiger partial charge is 0.201 e. The third-order valence-corrected chi connectivity index (χ3v) is 6.33. The summed E-state index contributed by atoms with van der Waals surface area (Å²) in [5.41, 5.74) is -0.470. The predicted molar refractivity (Wildman–Crippen MR) is 73.8 cm³/mol. The molecule has 5 nitrogen and oxygen atoms in total. The first-order valence-electron chi connectivity index (χ1n) is 8.23. The van der Waals surface area contributed by atoms with E-state index < -0.39 is 17.7 Å². The molecule has 5 aliphatic rings. The van der Waals surface area contributed by atoms with Gasteiger partial charge in [0.05, 0.1) is 0 Å². The Morgan fingerprint density at radius 2 is 1.86 bits per heavy atom. The second kappa shape index (κ2) is 4.65. The van der Waals surface area contributed by atoms with Gasteiger partial charge < -0.3 is 14.2 Å². The lowest BCUT2D eigenvalue weighted by Gasteiger charge is -2.60. The zero-order valence-electron chi connectivity index (χ0n) is 13.3. The molecule has 1 aliphatic carbocycles. The molecule has 5 heteroatoms. The van der Waals surface area contributed by atoms with Crippen LogP contribution in [0.25, 0.3) is 0 Å². The van der Waals surface area contributed by atoms with Crippen molar-refractivity contribution in [1.29, 1.82) is 0 Å². The van der Waals surface area contributed by atoms with Crippen LogP contribution >= 0.6 is 0 Å². The summed E-state index contributed by atoms with van der Waals surface area (Å²) in [7, 11) is 1.70. The van der Waals surface area contributed by atoms with E-state index >= 15 is 0 Å². The molecule has 5 rings (SSSR count). The fraction of sp³-hybridized carbons (Fsp3) is 1.00. The maximum absolute atomic E-state index is 6.21. The molecule has 0 N–H and O–H groups in total. The molecule has 5 fully saturated rings. The lowest BCUT2D eigenvalue weighted by molar-refractivity contribution is -0.577. The van der Waals surface area contributed by atoms with E-state index in [0.29, 0.717) is 17.8 Å². The van der Waals surface area contributed by atoms with Crippen molar-refractivity contribution in [2.24, 2.45) is 23.7 Å². The number of hydrogen-bond donors (Lipinski definition) is 0. The van der Waals surface area contributed by atoms with E-state index in [0.717, 1.165) is 19.3 Å². The van der Waals surface area contributed by atoms with Crippen molar-refractivity contribution in [3.05, 3.63) is 0 Å². The van der Waals surface area contributed by atoms with Gasteiger partial charge in [-0.25, -0.2) is 9.78 Å². The zero-order chi connectivity index (χ0) is 14.8. The molecule has 0 aromatic carbocycles. The third kappa shape index (κ3) is 1.81. The first-order valence-corrected chi connectivity index (χ1v) is 8.23. The minimum Gasteiger partial charge on any atom is -0.355 e. The minimum absolute atomic E-state index is 0.230. The highest BCUT2D eigenvalue weighted by atomic mass is 17.3. The van der Waals surface area contributed by atoms with E-state index in [4.69, 9.17) is 24.0 Å². The highest BCUT2D eigenvalue weighted by Gasteiger charge is 2.69. The number of ether oxygens (including phenoxy) is 3. The van der Waals surface area contributed by atoms with E-state index in [1.807, 2.05) is 6.92 Å². The Morgan fingerprint density at radius 1 is 1.05 bits per heavy atom. The van der Waals surface area contributed by atoms with Crippen LogP contribution in [0.3, 0.4) is 0 Å². The zero-order valence-corrected chi connectivity index (χ0v) is 13.3. The van der Waals surface area contributed by atoms with Gasteiger partial charge in [0, 0.05) is 25.4 Å². The summed E-state index contributed by atoms with van der Waals surface area (Å²) in [4.78, 5) is 11.8. The van der Waals surface area contributed by atoms with Gasteiger partial charge >= 0.3 is 0 Å². The molecular formula is C16H26O5. The van der Waals surface area contributed by atoms with Gasteiger partial charge in [-0.3, -0.25) is 0 Å². The first-order chi connectivity index (χ1) is 10.00. The molecule has 2 unspecified atom stereocenters. The standard InChI is InChI=1S/C16H26O5/c1-9-5-6-12-10(2)13(17-4)18-14-16(12)11(9)7-8-15(3,19-14)20-21-16/h9-14H,5-8H2,1-4H3/t9-,10-,11?,12+,13?,14-,15+,16-/m1/s1. The highest BCUT2D eigenvalue weighted by molar-refractivity contribution is 5.08. The Bertz CT molecular complexity index is 429. The van der Waals surface area contributed by atoms with Crippen LogP contribution in [-0.4, -0.2) is 31.1 Å². The van der Waals surface area contributed by atoms with Gasteiger partial charge in [-0.2, -0.15) is 0 Å². The molecule has 4 heterocycles. The van der Waals surface area contributed by atoms with Crippen molar-refractivity contribution < 1.29 is 24.0 Å². The molecule has 0 radical (unpaired) electrons. The average molecular weight is 298 g/mol. The van der Waals surface area contributed by atoms with Crippen molar-refractivity contribution in [1.82, 2.24) is 0 Å². The van der Waals surface area contributed by atoms with Gasteiger partial charge in [-0.15, -0.1) is 0 Å². The maximum Gasteiger partial charge on any atom is 0.201 e. The quantitative estimate of drug-likeness (QED) is 0.697. The summed E-state index contributed by atoms with van der Waals surface area (Å²) >= 11 is 0. The van der Waals surface area contributed by atoms with E-state index in [9.17, 15) is 0 Å². The highest BCUT2D eigenvalue weighted by Crippen LogP contribution is 2.60. The Hall–Kier alpha value is -0.200. The molecule has 8 atom stereocenters. The van der Waals surface area contributed by atoms with Crippen LogP contribution < -0.4 is 0 Å². The summed E-state index contributed by atoms with van der Waals surface area (Å²) in [5.74, 6) is 0.953. The van der Waals surface area contributed by atoms with Gasteiger partial charge in [0.15, 0.2) is 18.2 Å². The molecule has 0 aromatic heterocycles. The molecule has 1 spiro atoms. The van der Waals surface area contributed by atoms with E-state index in [2.05, 4.69) is 13.8 Å². The molecule has 1 saturated carbocycles. The third-order valence-electron chi connectivity index (χ3n) is 6.33. The Labute approximate surface area is 126 Å². The van der Waals surface area contributed by atoms with Gasteiger partial charge in [-0.1, -0.05) is 13.8 Å². The number of hydrogen-bond acceptors (Lipinski definition) is 5. The number of rotatable bonds is 1. The van der Waals surface area contributed by atoms with Crippen molar-refractivity contribution >= 4 is 0 Å². The minimum atomic E-state index is -0.698. The summed E-state index contributed by atoms with van der Waals surface area (Å²) in [6.45, 7) is 6.46. The molecule has 2 bridgehead atoms. The SMILES string of the molecule is COC1O[C@@H]2O[C@]3(C)CCC4[C@H](C)CC[C@@H]([C@H]1C)[C@]42OO3. The monoisotopic (exact) mass is 298 g/mol. The second-order valence-electron chi connectivity index (χ2n) is 7.51. The summed E-state index contributed by atoms with van der Waals surface area (Å²) in [5, 5.41) is 0. The van der Waals surface area contributed by atoms with E-state index in [1.165, 1.54) is 6.42 Å². The van der Waals surface area contributed by atoms with Crippen LogP contribution in [0.5, 0.6) is 0 Å². The lowest BCUT2D eigenvalue weighted by atomic mass is 9.58. The fourth-order valence-electron chi connectivity index (χ4n) is 5.14. The van der Waals surface area contributed by atoms with E-state index in [1.54, 1.807) is 7.11 Å². The fourth-order valence-corrected chi connectivity index (χ4v) is 5.14. The lowest BCUT2D eigenvalue weighted by Crippen LogP contribution is -2.70. The van der Waals surface area contributed by atoms with Crippen LogP contribution in [0.1, 0.15) is 46.5 Å². The van der Waals surface area contributed by atoms with Crippen molar-refractivity contribution in [3.8, 4) is 0 Å². The molecule has 4 saturated heterocycles. The molecule has 0 amide bonds. The van der Waals surface area contributed by atoms with Gasteiger partial charge in [0.25, 0.3) is 0 Å². The molecule has 21 heavy (non-hydrogen) atoms. The van der Waals surface area contributed by atoms with Gasteiger partial charge in [0.1, 0.15) is 0 Å². The van der Waals surface area contributed by atoms with Crippen LogP contribution in [0.15, 0.2) is 0 Å². The summed E-state index contributed by atoms with van der Waals surface area (Å²) in [6.07, 6.45) is 3.64. The van der Waals surface area contributed by atoms with Crippen LogP contribution in [-0.2, 0) is 24.0 Å². The summed E-state index contributed by atoms with van der Waals surface area (Å²) < 4.78 is 17.9. The Balaban J connectivity index is 1.79. The van der Waals surface area contributed by atoms with Crippen LogP contribution in [0.2, 0.25) is 0 Å². The number of methoxy groups -OCH3 is 1. The van der Waals surface area contributed by atoms with Crippen molar-refractivity contribution in [2.75, 3.05) is 7.11 Å². The predicted octanol–water partition coefficient (Wildman–Crippen LogP) is 2.84. The Kier molecular flexibility index (Phi) is 3.19. The Morgan fingerprint density at radius 3 is 2.62 bits per heavy atom. The first kappa shape index (κ1) is 14.4. The summed E-state index contributed by atoms with van der Waals surface area (Å²) in [6, 6.07) is 0. The molecule has 120 valence electrons. The topological polar surface area (TPSA) is 46.2 Å². The largest absolute Gasteiger partial charge is 0.355 e. The number of fused-ring (bicyclic) bond motifs is 2. The van der Waals surface area contributed by atoms with Crippen molar-refractivity contribution in [3.63, 3.8) is 0 Å².